The number of hydrazine groups is 1. The highest BCUT2D eigenvalue weighted by Gasteiger charge is 2.16. The van der Waals surface area contributed by atoms with Crippen LogP contribution in [-0.2, 0) is 6.54 Å². The van der Waals surface area contributed by atoms with Crippen LogP contribution in [0, 0.1) is 0 Å². The van der Waals surface area contributed by atoms with E-state index in [1.807, 2.05) is 18.3 Å². The van der Waals surface area contributed by atoms with Crippen molar-refractivity contribution in [2.75, 3.05) is 54.6 Å². The van der Waals surface area contributed by atoms with Crippen molar-refractivity contribution in [3.05, 3.63) is 23.3 Å². The van der Waals surface area contributed by atoms with E-state index < -0.39 is 0 Å². The standard InChI is InChI=1S/C18H26N4O3S/c1-21-5-7-22(8-6-21)20-12-17-19-11-16(26-17)13-9-14(23-2)18(25-4)15(10-13)24-3/h9-11,20H,5-8,12H2,1-4H3. The number of methoxy groups -OCH3 is 3. The van der Waals surface area contributed by atoms with Crippen molar-refractivity contribution in [1.82, 2.24) is 20.3 Å². The summed E-state index contributed by atoms with van der Waals surface area (Å²) >= 11 is 1.66. The molecular formula is C18H26N4O3S. The molecule has 142 valence electrons. The lowest BCUT2D eigenvalue weighted by Crippen LogP contribution is -2.50. The maximum Gasteiger partial charge on any atom is 0.203 e. The number of piperazine rings is 1. The number of thiazole rings is 1. The molecule has 1 aliphatic heterocycles. The van der Waals surface area contributed by atoms with Gasteiger partial charge in [-0.25, -0.2) is 15.4 Å². The Hall–Kier alpha value is -1.87. The second-order valence-electron chi connectivity index (χ2n) is 6.16. The number of hydrogen-bond donors (Lipinski definition) is 1. The van der Waals surface area contributed by atoms with E-state index in [-0.39, 0.29) is 0 Å². The number of ether oxygens (including phenoxy) is 3. The third-order valence-electron chi connectivity index (χ3n) is 4.46. The van der Waals surface area contributed by atoms with Crippen molar-refractivity contribution >= 4 is 11.3 Å². The fourth-order valence-electron chi connectivity index (χ4n) is 2.89. The SMILES string of the molecule is COc1cc(-c2cnc(CNN3CCN(C)CC3)s2)cc(OC)c1OC. The van der Waals surface area contributed by atoms with E-state index >= 15 is 0 Å². The van der Waals surface area contributed by atoms with Gasteiger partial charge in [0.25, 0.3) is 0 Å². The molecule has 0 aliphatic carbocycles. The third kappa shape index (κ3) is 4.27. The molecule has 0 atom stereocenters. The predicted octanol–water partition coefficient (Wildman–Crippen LogP) is 2.09. The Morgan fingerprint density at radius 3 is 2.27 bits per heavy atom. The molecule has 0 bridgehead atoms. The van der Waals surface area contributed by atoms with Crippen molar-refractivity contribution < 1.29 is 14.2 Å². The van der Waals surface area contributed by atoms with E-state index in [1.54, 1.807) is 32.7 Å². The highest BCUT2D eigenvalue weighted by atomic mass is 32.1. The second kappa shape index (κ2) is 8.68. The molecule has 1 fully saturated rings. The van der Waals surface area contributed by atoms with Crippen molar-refractivity contribution in [2.45, 2.75) is 6.54 Å². The first-order valence-corrected chi connectivity index (χ1v) is 9.38. The normalized spacial score (nSPS) is 15.8. The first-order chi connectivity index (χ1) is 12.6. The zero-order valence-electron chi connectivity index (χ0n) is 15.7. The van der Waals surface area contributed by atoms with Gasteiger partial charge >= 0.3 is 0 Å². The third-order valence-corrected chi connectivity index (χ3v) is 5.51. The number of hydrogen-bond acceptors (Lipinski definition) is 8. The summed E-state index contributed by atoms with van der Waals surface area (Å²) in [7, 11) is 7.01. The number of likely N-dealkylation sites (N-methyl/N-ethyl adjacent to an activating group) is 1. The minimum absolute atomic E-state index is 0.597. The summed E-state index contributed by atoms with van der Waals surface area (Å²) < 4.78 is 16.3. The Labute approximate surface area is 158 Å². The smallest absolute Gasteiger partial charge is 0.203 e. The van der Waals surface area contributed by atoms with E-state index in [4.69, 9.17) is 14.2 Å². The minimum atomic E-state index is 0.597. The van der Waals surface area contributed by atoms with Gasteiger partial charge in [-0.1, -0.05) is 0 Å². The summed E-state index contributed by atoms with van der Waals surface area (Å²) in [4.78, 5) is 7.96. The van der Waals surface area contributed by atoms with E-state index in [1.165, 1.54) is 0 Å². The maximum atomic E-state index is 5.44. The van der Waals surface area contributed by atoms with Crippen LogP contribution in [0.3, 0.4) is 0 Å². The Morgan fingerprint density at radius 1 is 1.04 bits per heavy atom. The van der Waals surface area contributed by atoms with Crippen molar-refractivity contribution in [2.24, 2.45) is 0 Å². The van der Waals surface area contributed by atoms with Crippen LogP contribution in [-0.4, -0.2) is 69.4 Å². The van der Waals surface area contributed by atoms with Crippen LogP contribution in [0.15, 0.2) is 18.3 Å². The highest BCUT2D eigenvalue weighted by molar-refractivity contribution is 7.15. The molecule has 0 saturated carbocycles. The number of aromatic nitrogens is 1. The van der Waals surface area contributed by atoms with Crippen LogP contribution >= 0.6 is 11.3 Å². The molecule has 0 unspecified atom stereocenters. The van der Waals surface area contributed by atoms with Gasteiger partial charge in [0, 0.05) is 37.9 Å². The molecule has 0 amide bonds. The molecule has 0 radical (unpaired) electrons. The first-order valence-electron chi connectivity index (χ1n) is 8.56. The topological polar surface area (TPSA) is 59.1 Å². The molecular weight excluding hydrogens is 352 g/mol. The van der Waals surface area contributed by atoms with Gasteiger partial charge in [0.1, 0.15) is 5.01 Å². The summed E-state index contributed by atoms with van der Waals surface area (Å²) in [5.74, 6) is 1.89. The largest absolute Gasteiger partial charge is 0.493 e. The molecule has 8 heteroatoms. The fraction of sp³-hybridized carbons (Fsp3) is 0.500. The monoisotopic (exact) mass is 378 g/mol. The molecule has 2 heterocycles. The average Bonchev–Trinajstić information content (AvgIpc) is 3.15. The van der Waals surface area contributed by atoms with Gasteiger partial charge in [-0.2, -0.15) is 0 Å². The Morgan fingerprint density at radius 2 is 1.69 bits per heavy atom. The van der Waals surface area contributed by atoms with Crippen molar-refractivity contribution in [3.8, 4) is 27.7 Å². The number of rotatable bonds is 7. The minimum Gasteiger partial charge on any atom is -0.493 e. The zero-order valence-corrected chi connectivity index (χ0v) is 16.6. The van der Waals surface area contributed by atoms with Gasteiger partial charge in [-0.3, -0.25) is 0 Å². The van der Waals surface area contributed by atoms with Gasteiger partial charge in [0.15, 0.2) is 11.5 Å². The molecule has 1 aromatic carbocycles. The molecule has 7 nitrogen and oxygen atoms in total. The van der Waals surface area contributed by atoms with Crippen molar-refractivity contribution in [3.63, 3.8) is 0 Å². The Balaban J connectivity index is 1.71. The van der Waals surface area contributed by atoms with Crippen LogP contribution in [0.4, 0.5) is 0 Å². The molecule has 3 rings (SSSR count). The lowest BCUT2D eigenvalue weighted by Gasteiger charge is -2.32. The predicted molar refractivity (Wildman–Crippen MR) is 103 cm³/mol. The molecule has 2 aromatic rings. The van der Waals surface area contributed by atoms with Crippen LogP contribution in [0.5, 0.6) is 17.2 Å². The molecule has 0 spiro atoms. The fourth-order valence-corrected chi connectivity index (χ4v) is 3.73. The average molecular weight is 378 g/mol. The lowest BCUT2D eigenvalue weighted by molar-refractivity contribution is 0.102. The summed E-state index contributed by atoms with van der Waals surface area (Å²) in [6.07, 6.45) is 1.90. The van der Waals surface area contributed by atoms with E-state index in [0.717, 1.165) is 48.2 Å². The molecule has 1 aliphatic rings. The zero-order chi connectivity index (χ0) is 18.5. The summed E-state index contributed by atoms with van der Waals surface area (Å²) in [6, 6.07) is 3.90. The maximum absolute atomic E-state index is 5.44. The van der Waals surface area contributed by atoms with E-state index in [2.05, 4.69) is 27.4 Å². The van der Waals surface area contributed by atoms with Gasteiger partial charge in [-0.05, 0) is 19.2 Å². The van der Waals surface area contributed by atoms with Gasteiger partial charge < -0.3 is 19.1 Å². The summed E-state index contributed by atoms with van der Waals surface area (Å²) in [5, 5.41) is 3.31. The second-order valence-corrected chi connectivity index (χ2v) is 7.27. The van der Waals surface area contributed by atoms with Crippen LogP contribution < -0.4 is 19.6 Å². The number of benzene rings is 1. The summed E-state index contributed by atoms with van der Waals surface area (Å²) in [5.41, 5.74) is 4.47. The van der Waals surface area contributed by atoms with Crippen LogP contribution in [0.1, 0.15) is 5.01 Å². The number of nitrogens with one attached hydrogen (secondary N) is 1. The van der Waals surface area contributed by atoms with Crippen LogP contribution in [0.2, 0.25) is 0 Å². The van der Waals surface area contributed by atoms with Gasteiger partial charge in [-0.15, -0.1) is 11.3 Å². The van der Waals surface area contributed by atoms with Gasteiger partial charge in [0.05, 0.1) is 32.8 Å². The Bertz CT molecular complexity index is 704. The summed E-state index contributed by atoms with van der Waals surface area (Å²) in [6.45, 7) is 4.96. The molecule has 26 heavy (non-hydrogen) atoms. The Kier molecular flexibility index (Phi) is 6.31. The highest BCUT2D eigenvalue weighted by Crippen LogP contribution is 2.42. The molecule has 1 N–H and O–H groups in total. The first kappa shape index (κ1) is 18.9. The molecule has 1 aromatic heterocycles. The van der Waals surface area contributed by atoms with Crippen LogP contribution in [0.25, 0.3) is 10.4 Å². The number of nitrogens with zero attached hydrogens (tertiary/aromatic N) is 3. The van der Waals surface area contributed by atoms with E-state index in [9.17, 15) is 0 Å². The van der Waals surface area contributed by atoms with E-state index in [0.29, 0.717) is 17.2 Å². The van der Waals surface area contributed by atoms with Crippen molar-refractivity contribution in [1.29, 1.82) is 0 Å². The molecule has 1 saturated heterocycles. The quantitative estimate of drug-likeness (QED) is 0.792. The lowest BCUT2D eigenvalue weighted by atomic mass is 10.1. The van der Waals surface area contributed by atoms with Gasteiger partial charge in [0.2, 0.25) is 5.75 Å².